The number of halogens is 1. The lowest BCUT2D eigenvalue weighted by molar-refractivity contribution is -0.133. The predicted molar refractivity (Wildman–Crippen MR) is 116 cm³/mol. The molecule has 0 bridgehead atoms. The molecular weight excluding hydrogens is 404 g/mol. The Bertz CT molecular complexity index is 883. The van der Waals surface area contributed by atoms with E-state index in [1.54, 1.807) is 12.3 Å². The van der Waals surface area contributed by atoms with Crippen molar-refractivity contribution in [3.8, 4) is 11.3 Å². The number of carbonyl (C=O) groups excluding carboxylic acids is 2. The van der Waals surface area contributed by atoms with E-state index in [0.29, 0.717) is 62.2 Å². The van der Waals surface area contributed by atoms with Gasteiger partial charge in [-0.15, -0.1) is 0 Å². The molecule has 162 valence electrons. The van der Waals surface area contributed by atoms with Crippen molar-refractivity contribution in [1.29, 1.82) is 0 Å². The fraction of sp³-hybridized carbons (Fsp3) is 0.500. The number of rotatable bonds is 6. The minimum Gasteiger partial charge on any atom is -0.441 e. The lowest BCUT2D eigenvalue weighted by Crippen LogP contribution is -2.52. The summed E-state index contributed by atoms with van der Waals surface area (Å²) < 4.78 is 5.77. The third-order valence-electron chi connectivity index (χ3n) is 4.85. The Morgan fingerprint density at radius 1 is 1.17 bits per heavy atom. The fourth-order valence-corrected chi connectivity index (χ4v) is 3.63. The van der Waals surface area contributed by atoms with Crippen LogP contribution in [0.25, 0.3) is 11.3 Å². The van der Waals surface area contributed by atoms with Gasteiger partial charge in [-0.05, 0) is 32.9 Å². The summed E-state index contributed by atoms with van der Waals surface area (Å²) in [5.74, 6) is 1.22. The summed E-state index contributed by atoms with van der Waals surface area (Å²) in [6.45, 7) is 8.89. The van der Waals surface area contributed by atoms with Gasteiger partial charge >= 0.3 is 0 Å². The zero-order valence-electron chi connectivity index (χ0n) is 17.8. The summed E-state index contributed by atoms with van der Waals surface area (Å²) in [5, 5.41) is 3.57. The highest BCUT2D eigenvalue weighted by Gasteiger charge is 2.24. The van der Waals surface area contributed by atoms with Gasteiger partial charge in [0.2, 0.25) is 11.8 Å². The van der Waals surface area contributed by atoms with Crippen LogP contribution in [0.1, 0.15) is 33.1 Å². The molecule has 1 fully saturated rings. The van der Waals surface area contributed by atoms with E-state index < -0.39 is 0 Å². The lowest BCUT2D eigenvalue weighted by atomic mass is 10.1. The lowest BCUT2D eigenvalue weighted by Gasteiger charge is -2.35. The maximum absolute atomic E-state index is 12.6. The second kappa shape index (κ2) is 9.62. The summed E-state index contributed by atoms with van der Waals surface area (Å²) in [6.07, 6.45) is 2.42. The van der Waals surface area contributed by atoms with Gasteiger partial charge in [-0.2, -0.15) is 0 Å². The number of benzene rings is 1. The number of aryl methyl sites for hydroxylation is 1. The second-order valence-electron chi connectivity index (χ2n) is 8.55. The number of carbonyl (C=O) groups is 2. The second-order valence-corrected chi connectivity index (χ2v) is 8.96. The third kappa shape index (κ3) is 6.31. The highest BCUT2D eigenvalue weighted by molar-refractivity contribution is 6.33. The van der Waals surface area contributed by atoms with Gasteiger partial charge in [0.15, 0.2) is 11.7 Å². The first kappa shape index (κ1) is 22.3. The first-order valence-electron chi connectivity index (χ1n) is 10.2. The number of nitrogens with one attached hydrogen (secondary N) is 1. The molecule has 30 heavy (non-hydrogen) atoms. The first-order chi connectivity index (χ1) is 14.2. The molecular formula is C22H29ClN4O3. The van der Waals surface area contributed by atoms with Crippen molar-refractivity contribution in [2.24, 2.45) is 0 Å². The van der Waals surface area contributed by atoms with Crippen LogP contribution in [-0.2, 0) is 16.0 Å². The molecule has 2 heterocycles. The van der Waals surface area contributed by atoms with Crippen molar-refractivity contribution in [3.05, 3.63) is 41.4 Å². The summed E-state index contributed by atoms with van der Waals surface area (Å²) in [7, 11) is 0. The summed E-state index contributed by atoms with van der Waals surface area (Å²) in [4.78, 5) is 32.8. The van der Waals surface area contributed by atoms with Crippen LogP contribution >= 0.6 is 11.6 Å². The van der Waals surface area contributed by atoms with Gasteiger partial charge in [-0.25, -0.2) is 4.98 Å². The molecule has 1 aromatic heterocycles. The maximum Gasteiger partial charge on any atom is 0.234 e. The zero-order valence-corrected chi connectivity index (χ0v) is 18.5. The number of hydrogen-bond donors (Lipinski definition) is 1. The van der Waals surface area contributed by atoms with Gasteiger partial charge in [-0.1, -0.05) is 23.7 Å². The van der Waals surface area contributed by atoms with Crippen molar-refractivity contribution in [2.75, 3.05) is 32.7 Å². The highest BCUT2D eigenvalue weighted by atomic mass is 35.5. The molecule has 0 aliphatic carbocycles. The van der Waals surface area contributed by atoms with E-state index in [1.807, 2.05) is 43.9 Å². The molecule has 2 amide bonds. The normalized spacial score (nSPS) is 15.3. The van der Waals surface area contributed by atoms with E-state index in [9.17, 15) is 9.59 Å². The Morgan fingerprint density at radius 3 is 2.53 bits per heavy atom. The Hall–Kier alpha value is -2.38. The quantitative estimate of drug-likeness (QED) is 0.759. The Kier molecular flexibility index (Phi) is 7.15. The van der Waals surface area contributed by atoms with Gasteiger partial charge in [0, 0.05) is 50.1 Å². The molecule has 1 aliphatic heterocycles. The fourth-order valence-electron chi connectivity index (χ4n) is 3.40. The average Bonchev–Trinajstić information content (AvgIpc) is 3.14. The maximum atomic E-state index is 12.6. The Morgan fingerprint density at radius 2 is 1.87 bits per heavy atom. The molecule has 0 atom stereocenters. The number of oxazole rings is 1. The third-order valence-corrected chi connectivity index (χ3v) is 5.18. The standard InChI is InChI=1S/C22H29ClN4O3/c1-22(2,3)25-19(28)15-26-10-12-27(13-11-26)21(29)9-8-20-24-14-18(30-20)16-6-4-5-7-17(16)23/h4-7,14H,8-13,15H2,1-3H3,(H,25,28). The van der Waals surface area contributed by atoms with Crippen LogP contribution in [0.5, 0.6) is 0 Å². The SMILES string of the molecule is CC(C)(C)NC(=O)CN1CCN(C(=O)CCc2ncc(-c3ccccc3Cl)o2)CC1. The van der Waals surface area contributed by atoms with Gasteiger partial charge in [-0.3, -0.25) is 14.5 Å². The van der Waals surface area contributed by atoms with Crippen molar-refractivity contribution >= 4 is 23.4 Å². The molecule has 0 saturated carbocycles. The highest BCUT2D eigenvalue weighted by Crippen LogP contribution is 2.28. The van der Waals surface area contributed by atoms with Crippen molar-refractivity contribution in [2.45, 2.75) is 39.2 Å². The van der Waals surface area contributed by atoms with E-state index in [0.717, 1.165) is 5.56 Å². The Balaban J connectivity index is 1.43. The van der Waals surface area contributed by atoms with Crippen LogP contribution in [0, 0.1) is 0 Å². The van der Waals surface area contributed by atoms with Crippen LogP contribution in [0.15, 0.2) is 34.9 Å². The van der Waals surface area contributed by atoms with Crippen LogP contribution in [0.3, 0.4) is 0 Å². The van der Waals surface area contributed by atoms with E-state index in [4.69, 9.17) is 16.0 Å². The van der Waals surface area contributed by atoms with Crippen LogP contribution in [0.2, 0.25) is 5.02 Å². The minimum absolute atomic E-state index is 0.0143. The number of hydrogen-bond acceptors (Lipinski definition) is 5. The van der Waals surface area contributed by atoms with Crippen LogP contribution in [0.4, 0.5) is 0 Å². The molecule has 1 N–H and O–H groups in total. The number of nitrogens with zero attached hydrogens (tertiary/aromatic N) is 3. The Labute approximate surface area is 182 Å². The van der Waals surface area contributed by atoms with Gasteiger partial charge < -0.3 is 14.6 Å². The molecule has 0 radical (unpaired) electrons. The molecule has 8 heteroatoms. The summed E-state index contributed by atoms with van der Waals surface area (Å²) >= 11 is 6.19. The van der Waals surface area contributed by atoms with E-state index >= 15 is 0 Å². The number of aromatic nitrogens is 1. The van der Waals surface area contributed by atoms with Gasteiger partial charge in [0.25, 0.3) is 0 Å². The molecule has 7 nitrogen and oxygen atoms in total. The smallest absolute Gasteiger partial charge is 0.234 e. The van der Waals surface area contributed by atoms with Crippen LogP contribution < -0.4 is 5.32 Å². The molecule has 0 unspecified atom stereocenters. The molecule has 3 rings (SSSR count). The van der Waals surface area contributed by atoms with Crippen molar-refractivity contribution < 1.29 is 14.0 Å². The molecule has 1 aliphatic rings. The zero-order chi connectivity index (χ0) is 21.7. The summed E-state index contributed by atoms with van der Waals surface area (Å²) in [5.41, 5.74) is 0.552. The molecule has 1 saturated heterocycles. The predicted octanol–water partition coefficient (Wildman–Crippen LogP) is 2.99. The van der Waals surface area contributed by atoms with Gasteiger partial charge in [0.05, 0.1) is 17.8 Å². The van der Waals surface area contributed by atoms with E-state index in [2.05, 4.69) is 15.2 Å². The van der Waals surface area contributed by atoms with E-state index in [-0.39, 0.29) is 17.4 Å². The van der Waals surface area contributed by atoms with Crippen molar-refractivity contribution in [3.63, 3.8) is 0 Å². The topological polar surface area (TPSA) is 78.7 Å². The number of amides is 2. The number of piperazine rings is 1. The molecule has 1 aromatic carbocycles. The minimum atomic E-state index is -0.236. The average molecular weight is 433 g/mol. The van der Waals surface area contributed by atoms with E-state index in [1.165, 1.54) is 0 Å². The first-order valence-corrected chi connectivity index (χ1v) is 10.6. The van der Waals surface area contributed by atoms with Crippen molar-refractivity contribution in [1.82, 2.24) is 20.1 Å². The summed E-state index contributed by atoms with van der Waals surface area (Å²) in [6, 6.07) is 7.42. The monoisotopic (exact) mass is 432 g/mol. The van der Waals surface area contributed by atoms with Gasteiger partial charge in [0.1, 0.15) is 0 Å². The molecule has 2 aromatic rings. The molecule has 0 spiro atoms. The van der Waals surface area contributed by atoms with Crippen LogP contribution in [-0.4, -0.2) is 64.9 Å². The largest absolute Gasteiger partial charge is 0.441 e.